The minimum Gasteiger partial charge on any atom is -0.497 e. The Balaban J connectivity index is 2.02. The molecule has 1 unspecified atom stereocenters. The van der Waals surface area contributed by atoms with Crippen LogP contribution in [0.15, 0.2) is 18.2 Å². The first-order chi connectivity index (χ1) is 10.3. The Bertz CT molecular complexity index is 431. The number of hydrazine groups is 1. The van der Waals surface area contributed by atoms with Crippen LogP contribution in [0.5, 0.6) is 11.5 Å². The Morgan fingerprint density at radius 1 is 1.19 bits per heavy atom. The van der Waals surface area contributed by atoms with Crippen molar-refractivity contribution in [3.05, 3.63) is 23.8 Å². The number of nitrogens with two attached hydrogens (primary N) is 1. The molecule has 21 heavy (non-hydrogen) atoms. The molecule has 3 N–H and O–H groups in total. The maximum absolute atomic E-state index is 5.78. The van der Waals surface area contributed by atoms with Crippen molar-refractivity contribution in [2.45, 2.75) is 51.0 Å². The van der Waals surface area contributed by atoms with Crippen LogP contribution < -0.4 is 20.7 Å². The van der Waals surface area contributed by atoms with Gasteiger partial charge in [-0.1, -0.05) is 38.2 Å². The van der Waals surface area contributed by atoms with Gasteiger partial charge in [0.2, 0.25) is 0 Å². The van der Waals surface area contributed by atoms with Crippen molar-refractivity contribution in [3.8, 4) is 11.5 Å². The maximum Gasteiger partial charge on any atom is 0.127 e. The monoisotopic (exact) mass is 292 g/mol. The summed E-state index contributed by atoms with van der Waals surface area (Å²) in [4.78, 5) is 0. The summed E-state index contributed by atoms with van der Waals surface area (Å²) in [5.41, 5.74) is 4.06. The smallest absolute Gasteiger partial charge is 0.127 e. The van der Waals surface area contributed by atoms with Crippen molar-refractivity contribution >= 4 is 0 Å². The van der Waals surface area contributed by atoms with Gasteiger partial charge in [0.1, 0.15) is 11.5 Å². The Labute approximate surface area is 128 Å². The van der Waals surface area contributed by atoms with Gasteiger partial charge in [-0.15, -0.1) is 0 Å². The summed E-state index contributed by atoms with van der Waals surface area (Å²) < 4.78 is 10.7. The van der Waals surface area contributed by atoms with E-state index < -0.39 is 0 Å². The van der Waals surface area contributed by atoms with Gasteiger partial charge in [-0.05, 0) is 24.8 Å². The predicted molar refractivity (Wildman–Crippen MR) is 85.4 cm³/mol. The molecule has 2 rings (SSSR count). The number of ether oxygens (including phenoxy) is 2. The van der Waals surface area contributed by atoms with Crippen molar-refractivity contribution < 1.29 is 9.47 Å². The lowest BCUT2D eigenvalue weighted by atomic mass is 9.84. The van der Waals surface area contributed by atoms with Gasteiger partial charge in [-0.2, -0.15) is 0 Å². The molecule has 1 aromatic carbocycles. The van der Waals surface area contributed by atoms with E-state index in [0.717, 1.165) is 29.4 Å². The molecule has 1 aromatic rings. The zero-order valence-corrected chi connectivity index (χ0v) is 13.2. The maximum atomic E-state index is 5.78. The number of benzene rings is 1. The van der Waals surface area contributed by atoms with Crippen molar-refractivity contribution in [1.82, 2.24) is 5.43 Å². The van der Waals surface area contributed by atoms with Crippen LogP contribution in [0.25, 0.3) is 0 Å². The van der Waals surface area contributed by atoms with Crippen molar-refractivity contribution in [2.24, 2.45) is 11.8 Å². The third-order valence-electron chi connectivity index (χ3n) is 4.61. The lowest BCUT2D eigenvalue weighted by Crippen LogP contribution is -2.29. The summed E-state index contributed by atoms with van der Waals surface area (Å²) in [6.07, 6.45) is 9.19. The van der Waals surface area contributed by atoms with Gasteiger partial charge in [0.25, 0.3) is 0 Å². The van der Waals surface area contributed by atoms with Crippen molar-refractivity contribution in [3.63, 3.8) is 0 Å². The normalized spacial score (nSPS) is 17.5. The molecule has 0 heterocycles. The number of hydrogen-bond donors (Lipinski definition) is 2. The van der Waals surface area contributed by atoms with Crippen molar-refractivity contribution in [2.75, 3.05) is 14.2 Å². The summed E-state index contributed by atoms with van der Waals surface area (Å²) in [6.45, 7) is 0. The Morgan fingerprint density at radius 2 is 1.95 bits per heavy atom. The molecular weight excluding hydrogens is 264 g/mol. The van der Waals surface area contributed by atoms with Gasteiger partial charge in [0.15, 0.2) is 0 Å². The highest BCUT2D eigenvalue weighted by molar-refractivity contribution is 5.42. The largest absolute Gasteiger partial charge is 0.497 e. The number of hydrogen-bond acceptors (Lipinski definition) is 4. The lowest BCUT2D eigenvalue weighted by Gasteiger charge is -2.25. The summed E-state index contributed by atoms with van der Waals surface area (Å²) in [5.74, 6) is 8.28. The summed E-state index contributed by atoms with van der Waals surface area (Å²) in [7, 11) is 3.35. The molecule has 4 nitrogen and oxygen atoms in total. The zero-order chi connectivity index (χ0) is 15.1. The fourth-order valence-corrected chi connectivity index (χ4v) is 3.31. The summed E-state index contributed by atoms with van der Waals surface area (Å²) in [5, 5.41) is 0. The molecule has 1 atom stereocenters. The average molecular weight is 292 g/mol. The van der Waals surface area contributed by atoms with E-state index >= 15 is 0 Å². The third-order valence-corrected chi connectivity index (χ3v) is 4.61. The van der Waals surface area contributed by atoms with E-state index in [1.807, 2.05) is 18.2 Å². The highest BCUT2D eigenvalue weighted by Crippen LogP contribution is 2.34. The molecule has 0 bridgehead atoms. The molecule has 0 amide bonds. The molecule has 0 spiro atoms. The second kappa shape index (κ2) is 8.25. The van der Waals surface area contributed by atoms with E-state index in [-0.39, 0.29) is 6.04 Å². The van der Waals surface area contributed by atoms with Crippen LogP contribution in [0, 0.1) is 5.92 Å². The van der Waals surface area contributed by atoms with Crippen LogP contribution in [0.4, 0.5) is 0 Å². The van der Waals surface area contributed by atoms with Crippen LogP contribution in [0.3, 0.4) is 0 Å². The van der Waals surface area contributed by atoms with Crippen LogP contribution in [-0.4, -0.2) is 14.2 Å². The first-order valence-electron chi connectivity index (χ1n) is 7.96. The van der Waals surface area contributed by atoms with E-state index in [0.29, 0.717) is 0 Å². The molecule has 1 saturated carbocycles. The number of methoxy groups -OCH3 is 2. The second-order valence-corrected chi connectivity index (χ2v) is 5.91. The van der Waals surface area contributed by atoms with Crippen LogP contribution in [0.2, 0.25) is 0 Å². The van der Waals surface area contributed by atoms with Gasteiger partial charge in [0, 0.05) is 17.7 Å². The standard InChI is InChI=1S/C17H28N2O2/c1-20-14-9-10-15(17(12-14)21-2)16(19-18)11-8-13-6-4-3-5-7-13/h9-10,12-13,16,19H,3-8,11,18H2,1-2H3. The highest BCUT2D eigenvalue weighted by Gasteiger charge is 2.19. The Morgan fingerprint density at radius 3 is 2.57 bits per heavy atom. The van der Waals surface area contributed by atoms with Gasteiger partial charge in [-0.3, -0.25) is 11.3 Å². The van der Waals surface area contributed by atoms with E-state index in [1.54, 1.807) is 14.2 Å². The Kier molecular flexibility index (Phi) is 6.33. The van der Waals surface area contributed by atoms with E-state index in [2.05, 4.69) is 5.43 Å². The molecule has 0 aliphatic heterocycles. The summed E-state index contributed by atoms with van der Waals surface area (Å²) >= 11 is 0. The molecule has 1 aliphatic carbocycles. The third kappa shape index (κ3) is 4.35. The first-order valence-corrected chi connectivity index (χ1v) is 7.96. The SMILES string of the molecule is COc1ccc(C(CCC2CCCCC2)NN)c(OC)c1. The highest BCUT2D eigenvalue weighted by atomic mass is 16.5. The Hall–Kier alpha value is -1.26. The number of rotatable bonds is 7. The minimum absolute atomic E-state index is 0.132. The molecule has 1 fully saturated rings. The average Bonchev–Trinajstić information content (AvgIpc) is 2.56. The van der Waals surface area contributed by atoms with Gasteiger partial charge >= 0.3 is 0 Å². The van der Waals surface area contributed by atoms with Crippen LogP contribution in [0.1, 0.15) is 56.6 Å². The predicted octanol–water partition coefficient (Wildman–Crippen LogP) is 3.57. The molecule has 0 radical (unpaired) electrons. The zero-order valence-electron chi connectivity index (χ0n) is 13.2. The lowest BCUT2D eigenvalue weighted by molar-refractivity contribution is 0.311. The fraction of sp³-hybridized carbons (Fsp3) is 0.647. The van der Waals surface area contributed by atoms with Crippen molar-refractivity contribution in [1.29, 1.82) is 0 Å². The van der Waals surface area contributed by atoms with Gasteiger partial charge in [-0.25, -0.2) is 0 Å². The topological polar surface area (TPSA) is 56.5 Å². The van der Waals surface area contributed by atoms with E-state index in [9.17, 15) is 0 Å². The molecular formula is C17H28N2O2. The summed E-state index contributed by atoms with van der Waals surface area (Å²) in [6, 6.07) is 6.05. The first kappa shape index (κ1) is 16.1. The molecule has 0 aromatic heterocycles. The number of nitrogens with one attached hydrogen (secondary N) is 1. The van der Waals surface area contributed by atoms with Gasteiger partial charge < -0.3 is 9.47 Å². The molecule has 118 valence electrons. The van der Waals surface area contributed by atoms with E-state index in [1.165, 1.54) is 38.5 Å². The quantitative estimate of drug-likeness (QED) is 0.596. The molecule has 0 saturated heterocycles. The molecule has 1 aliphatic rings. The van der Waals surface area contributed by atoms with E-state index in [4.69, 9.17) is 15.3 Å². The van der Waals surface area contributed by atoms with Gasteiger partial charge in [0.05, 0.1) is 14.2 Å². The van der Waals surface area contributed by atoms with Crippen LogP contribution >= 0.6 is 0 Å². The molecule has 4 heteroatoms. The second-order valence-electron chi connectivity index (χ2n) is 5.91. The fourth-order valence-electron chi connectivity index (χ4n) is 3.31. The minimum atomic E-state index is 0.132. The van der Waals surface area contributed by atoms with Crippen LogP contribution in [-0.2, 0) is 0 Å².